The van der Waals surface area contributed by atoms with Crippen molar-refractivity contribution < 1.29 is 13.2 Å². The van der Waals surface area contributed by atoms with Crippen LogP contribution in [-0.4, -0.2) is 44.4 Å². The molecule has 0 bridgehead atoms. The number of sulfonamides is 1. The monoisotopic (exact) mass is 500 g/mol. The molecule has 3 rings (SSSR count). The minimum absolute atomic E-state index is 0.0101. The Hall–Kier alpha value is -2.45. The van der Waals surface area contributed by atoms with Crippen LogP contribution < -0.4 is 10.0 Å². The first-order valence-corrected chi connectivity index (χ1v) is 11.3. The van der Waals surface area contributed by atoms with Crippen molar-refractivity contribution in [1.29, 1.82) is 0 Å². The van der Waals surface area contributed by atoms with Crippen molar-refractivity contribution in [2.24, 2.45) is 7.05 Å². The lowest BCUT2D eigenvalue weighted by Gasteiger charge is -2.11. The molecular weight excluding hydrogens is 484 g/mol. The molecule has 14 heteroatoms. The lowest BCUT2D eigenvalue weighted by atomic mass is 10.3. The van der Waals surface area contributed by atoms with E-state index in [-0.39, 0.29) is 11.1 Å². The predicted molar refractivity (Wildman–Crippen MR) is 109 cm³/mol. The van der Waals surface area contributed by atoms with Gasteiger partial charge in [-0.25, -0.2) is 14.2 Å². The van der Waals surface area contributed by atoms with Crippen LogP contribution in [0.4, 0.5) is 10.5 Å². The van der Waals surface area contributed by atoms with Gasteiger partial charge < -0.3 is 5.32 Å². The summed E-state index contributed by atoms with van der Waals surface area (Å²) in [7, 11) is -2.44. The van der Waals surface area contributed by atoms with E-state index in [2.05, 4.69) is 41.9 Å². The van der Waals surface area contributed by atoms with E-state index in [4.69, 9.17) is 0 Å². The number of aromatic nitrogens is 6. The van der Waals surface area contributed by atoms with E-state index in [0.29, 0.717) is 20.2 Å². The van der Waals surface area contributed by atoms with Crippen LogP contribution in [0.15, 0.2) is 50.0 Å². The Morgan fingerprint density at radius 2 is 2.03 bits per heavy atom. The van der Waals surface area contributed by atoms with Crippen LogP contribution in [0.1, 0.15) is 19.9 Å². The molecule has 0 aliphatic rings. The van der Waals surface area contributed by atoms with Gasteiger partial charge in [-0.2, -0.15) is 13.5 Å². The third kappa shape index (κ3) is 5.13. The molecule has 1 aromatic carbocycles. The Morgan fingerprint density at radius 3 is 2.66 bits per heavy atom. The van der Waals surface area contributed by atoms with Crippen LogP contribution in [0.25, 0.3) is 0 Å². The Balaban J connectivity index is 1.77. The number of halogens is 1. The zero-order valence-corrected chi connectivity index (χ0v) is 18.8. The number of urea groups is 1. The number of hydrogen-bond acceptors (Lipinski definition) is 8. The molecule has 0 fully saturated rings. The Kier molecular flexibility index (Phi) is 6.24. The zero-order valence-electron chi connectivity index (χ0n) is 15.6. The minimum Gasteiger partial charge on any atom is -0.306 e. The lowest BCUT2D eigenvalue weighted by Crippen LogP contribution is -2.34. The topological polar surface area (TPSA) is 137 Å². The van der Waals surface area contributed by atoms with Gasteiger partial charge in [0.15, 0.2) is 5.03 Å². The smallest absolute Gasteiger partial charge is 0.306 e. The molecule has 2 N–H and O–H groups in total. The quantitative estimate of drug-likeness (QED) is 0.526. The molecule has 2 amide bonds. The number of anilines is 1. The maximum absolute atomic E-state index is 12.4. The molecule has 0 unspecified atom stereocenters. The molecule has 2 aromatic heterocycles. The number of nitrogens with one attached hydrogen (secondary N) is 2. The van der Waals surface area contributed by atoms with Gasteiger partial charge in [0, 0.05) is 28.7 Å². The van der Waals surface area contributed by atoms with Crippen molar-refractivity contribution in [2.75, 3.05) is 5.32 Å². The number of rotatable bonds is 6. The van der Waals surface area contributed by atoms with Gasteiger partial charge in [0.25, 0.3) is 10.0 Å². The fourth-order valence-corrected chi connectivity index (χ4v) is 4.17. The van der Waals surface area contributed by atoms with Gasteiger partial charge in [0.1, 0.15) is 0 Å². The van der Waals surface area contributed by atoms with Gasteiger partial charge in [0.2, 0.25) is 5.16 Å². The average Bonchev–Trinajstić information content (AvgIpc) is 3.27. The van der Waals surface area contributed by atoms with Crippen molar-refractivity contribution in [1.82, 2.24) is 34.7 Å². The van der Waals surface area contributed by atoms with Gasteiger partial charge in [0.05, 0.1) is 5.69 Å². The molecule has 0 saturated heterocycles. The highest BCUT2D eigenvalue weighted by molar-refractivity contribution is 9.10. The highest BCUT2D eigenvalue weighted by atomic mass is 79.9. The number of nitrogens with zero attached hydrogens (tertiary/aromatic N) is 6. The van der Waals surface area contributed by atoms with Crippen LogP contribution in [0.5, 0.6) is 0 Å². The lowest BCUT2D eigenvalue weighted by molar-refractivity contribution is 0.256. The van der Waals surface area contributed by atoms with Crippen molar-refractivity contribution in [2.45, 2.75) is 35.0 Å². The van der Waals surface area contributed by atoms with E-state index < -0.39 is 16.1 Å². The molecule has 3 aromatic rings. The summed E-state index contributed by atoms with van der Waals surface area (Å²) >= 11 is 4.55. The van der Waals surface area contributed by atoms with E-state index in [1.165, 1.54) is 33.4 Å². The third-order valence-corrected chi connectivity index (χ3v) is 6.41. The van der Waals surface area contributed by atoms with E-state index in [0.717, 1.165) is 0 Å². The number of carbonyl (C=O) groups is 1. The van der Waals surface area contributed by atoms with Crippen LogP contribution in [0.2, 0.25) is 0 Å². The second kappa shape index (κ2) is 8.51. The second-order valence-corrected chi connectivity index (χ2v) is 9.67. The van der Waals surface area contributed by atoms with E-state index in [1.54, 1.807) is 25.2 Å². The number of tetrazole rings is 1. The van der Waals surface area contributed by atoms with Crippen LogP contribution in [0.3, 0.4) is 0 Å². The Labute approximate surface area is 179 Å². The Morgan fingerprint density at radius 1 is 1.28 bits per heavy atom. The largest absolute Gasteiger partial charge is 0.333 e. The third-order valence-electron chi connectivity index (χ3n) is 3.59. The van der Waals surface area contributed by atoms with Crippen LogP contribution in [0, 0.1) is 0 Å². The molecule has 2 heterocycles. The number of aryl methyl sites for hydroxylation is 1. The average molecular weight is 501 g/mol. The molecule has 0 saturated carbocycles. The molecule has 0 aliphatic carbocycles. The van der Waals surface area contributed by atoms with Gasteiger partial charge in [-0.15, -0.1) is 5.10 Å². The van der Waals surface area contributed by atoms with Crippen molar-refractivity contribution in [3.8, 4) is 0 Å². The highest BCUT2D eigenvalue weighted by Crippen LogP contribution is 2.33. The molecule has 0 spiro atoms. The standard InChI is InChI=1S/C15H17BrN8O3S2/c1-9(2)24-7-6-13(19-24)29(26,27)20-14(25)17-11-8-10(16)4-5-12(11)28-15-18-21-22-23(15)3/h4-9H,1-3H3,(H2,17,20,25). The number of hydrogen-bond donors (Lipinski definition) is 2. The summed E-state index contributed by atoms with van der Waals surface area (Å²) in [5, 5.41) is 18.0. The summed E-state index contributed by atoms with van der Waals surface area (Å²) in [6.07, 6.45) is 1.54. The first-order valence-electron chi connectivity index (χ1n) is 8.24. The van der Waals surface area contributed by atoms with Gasteiger partial charge >= 0.3 is 6.03 Å². The fourth-order valence-electron chi connectivity index (χ4n) is 2.17. The maximum Gasteiger partial charge on any atom is 0.333 e. The van der Waals surface area contributed by atoms with Gasteiger partial charge in [-0.1, -0.05) is 15.9 Å². The first-order chi connectivity index (χ1) is 13.7. The number of benzene rings is 1. The first kappa shape index (κ1) is 21.3. The summed E-state index contributed by atoms with van der Waals surface area (Å²) < 4.78 is 30.5. The summed E-state index contributed by atoms with van der Waals surface area (Å²) in [6.45, 7) is 3.73. The van der Waals surface area contributed by atoms with Crippen LogP contribution >= 0.6 is 27.7 Å². The fraction of sp³-hybridized carbons (Fsp3) is 0.267. The number of amides is 2. The predicted octanol–water partition coefficient (Wildman–Crippen LogP) is 2.41. The molecule has 154 valence electrons. The SMILES string of the molecule is CC(C)n1ccc(S(=O)(=O)NC(=O)Nc2cc(Br)ccc2Sc2nnnn2C)n1. The van der Waals surface area contributed by atoms with Crippen molar-refractivity contribution >= 4 is 49.4 Å². The summed E-state index contributed by atoms with van der Waals surface area (Å²) in [5.41, 5.74) is 0.382. The molecule has 11 nitrogen and oxygen atoms in total. The summed E-state index contributed by atoms with van der Waals surface area (Å²) in [4.78, 5) is 13.0. The van der Waals surface area contributed by atoms with E-state index >= 15 is 0 Å². The van der Waals surface area contributed by atoms with E-state index in [1.807, 2.05) is 18.6 Å². The molecule has 0 aliphatic heterocycles. The number of carbonyl (C=O) groups excluding carboxylic acids is 1. The minimum atomic E-state index is -4.12. The molecular formula is C15H17BrN8O3S2. The van der Waals surface area contributed by atoms with Crippen molar-refractivity contribution in [3.05, 3.63) is 34.9 Å². The summed E-state index contributed by atoms with van der Waals surface area (Å²) in [6, 6.07) is 5.58. The van der Waals surface area contributed by atoms with Crippen LogP contribution in [-0.2, 0) is 17.1 Å². The van der Waals surface area contributed by atoms with E-state index in [9.17, 15) is 13.2 Å². The van der Waals surface area contributed by atoms with Gasteiger partial charge in [-0.3, -0.25) is 4.68 Å². The summed E-state index contributed by atoms with van der Waals surface area (Å²) in [5.74, 6) is 0. The molecule has 0 radical (unpaired) electrons. The maximum atomic E-state index is 12.4. The zero-order chi connectivity index (χ0) is 21.2. The molecule has 29 heavy (non-hydrogen) atoms. The highest BCUT2D eigenvalue weighted by Gasteiger charge is 2.22. The Bertz CT molecular complexity index is 1140. The molecule has 0 atom stereocenters. The van der Waals surface area contributed by atoms with Crippen molar-refractivity contribution in [3.63, 3.8) is 0 Å². The normalized spacial score (nSPS) is 11.6. The second-order valence-electron chi connectivity index (χ2n) is 6.11. The van der Waals surface area contributed by atoms with Gasteiger partial charge in [-0.05, 0) is 60.3 Å².